The molecule has 0 atom stereocenters. The molecule has 0 spiro atoms. The van der Waals surface area contributed by atoms with E-state index in [0.29, 0.717) is 0 Å². The van der Waals surface area contributed by atoms with E-state index < -0.39 is 12.6 Å². The minimum absolute atomic E-state index is 0.0626. The van der Waals surface area contributed by atoms with Crippen LogP contribution in [0.5, 0.6) is 0 Å². The summed E-state index contributed by atoms with van der Waals surface area (Å²) in [5.41, 5.74) is 0. The highest BCUT2D eigenvalue weighted by atomic mass is 19.4. The largest absolute Gasteiger partial charge is 0.389 e. The van der Waals surface area contributed by atoms with Crippen molar-refractivity contribution < 1.29 is 18.0 Å². The van der Waals surface area contributed by atoms with Crippen molar-refractivity contribution in [2.24, 2.45) is 5.92 Å². The number of carbonyl (C=O) groups excluding carboxylic acids is 1. The second-order valence-corrected chi connectivity index (χ2v) is 3.21. The lowest BCUT2D eigenvalue weighted by atomic mass is 9.81. The average molecular weight is 180 g/mol. The van der Waals surface area contributed by atoms with Crippen molar-refractivity contribution in [2.45, 2.75) is 38.3 Å². The van der Waals surface area contributed by atoms with E-state index in [1.807, 2.05) is 0 Å². The average Bonchev–Trinajstić information content (AvgIpc) is 1.78. The van der Waals surface area contributed by atoms with Gasteiger partial charge in [0.05, 0.1) is 6.42 Å². The van der Waals surface area contributed by atoms with Crippen LogP contribution in [0, 0.1) is 5.92 Å². The van der Waals surface area contributed by atoms with Crippen LogP contribution in [0.3, 0.4) is 0 Å². The fraction of sp³-hybridized carbons (Fsp3) is 0.875. The van der Waals surface area contributed by atoms with Gasteiger partial charge in [-0.3, -0.25) is 4.79 Å². The highest BCUT2D eigenvalue weighted by Gasteiger charge is 2.31. The summed E-state index contributed by atoms with van der Waals surface area (Å²) in [4.78, 5) is 11.0. The highest BCUT2D eigenvalue weighted by Crippen LogP contribution is 2.30. The number of carbonyl (C=O) groups is 1. The van der Waals surface area contributed by atoms with Crippen molar-refractivity contribution in [1.29, 1.82) is 0 Å². The molecule has 0 aliphatic heterocycles. The monoisotopic (exact) mass is 180 g/mol. The maximum atomic E-state index is 11.6. The van der Waals surface area contributed by atoms with Crippen LogP contribution in [-0.4, -0.2) is 12.0 Å². The maximum Gasteiger partial charge on any atom is 0.389 e. The molecule has 1 fully saturated rings. The molecule has 12 heavy (non-hydrogen) atoms. The van der Waals surface area contributed by atoms with Crippen LogP contribution < -0.4 is 0 Å². The first kappa shape index (κ1) is 9.55. The van der Waals surface area contributed by atoms with Gasteiger partial charge in [0.2, 0.25) is 0 Å². The van der Waals surface area contributed by atoms with Crippen LogP contribution in [0.25, 0.3) is 0 Å². The Bertz CT molecular complexity index is 170. The number of hydrogen-bond acceptors (Lipinski definition) is 1. The summed E-state index contributed by atoms with van der Waals surface area (Å²) in [7, 11) is 0. The number of alkyl halides is 3. The Labute approximate surface area is 68.9 Å². The third-order valence-electron chi connectivity index (χ3n) is 2.22. The highest BCUT2D eigenvalue weighted by molar-refractivity contribution is 5.81. The van der Waals surface area contributed by atoms with Crippen molar-refractivity contribution >= 4 is 5.78 Å². The molecule has 70 valence electrons. The first-order valence-corrected chi connectivity index (χ1v) is 4.08. The maximum absolute atomic E-state index is 11.6. The molecule has 0 heterocycles. The predicted molar refractivity (Wildman–Crippen MR) is 37.6 cm³/mol. The van der Waals surface area contributed by atoms with E-state index in [0.717, 1.165) is 19.3 Å². The molecular weight excluding hydrogens is 169 g/mol. The minimum atomic E-state index is -4.18. The van der Waals surface area contributed by atoms with Gasteiger partial charge < -0.3 is 0 Å². The third-order valence-corrected chi connectivity index (χ3v) is 2.22. The SMILES string of the molecule is O=C(CCC(F)(F)F)C1CCC1. The molecule has 0 unspecified atom stereocenters. The fourth-order valence-electron chi connectivity index (χ4n) is 1.20. The minimum Gasteiger partial charge on any atom is -0.299 e. The van der Waals surface area contributed by atoms with Gasteiger partial charge in [-0.05, 0) is 12.8 Å². The number of hydrogen-bond donors (Lipinski definition) is 0. The Morgan fingerprint density at radius 1 is 1.33 bits per heavy atom. The van der Waals surface area contributed by atoms with Crippen molar-refractivity contribution in [1.82, 2.24) is 0 Å². The molecule has 0 bridgehead atoms. The summed E-state index contributed by atoms with van der Waals surface area (Å²) in [5.74, 6) is -0.272. The lowest BCUT2D eigenvalue weighted by Gasteiger charge is -2.23. The summed E-state index contributed by atoms with van der Waals surface area (Å²) in [6.45, 7) is 0. The normalized spacial score (nSPS) is 18.9. The number of ketones is 1. The first-order chi connectivity index (χ1) is 5.49. The van der Waals surface area contributed by atoms with Gasteiger partial charge in [-0.2, -0.15) is 13.2 Å². The van der Waals surface area contributed by atoms with E-state index in [2.05, 4.69) is 0 Å². The van der Waals surface area contributed by atoms with Gasteiger partial charge in [-0.1, -0.05) is 6.42 Å². The molecule has 0 aromatic heterocycles. The van der Waals surface area contributed by atoms with E-state index >= 15 is 0 Å². The van der Waals surface area contributed by atoms with Crippen LogP contribution in [0.15, 0.2) is 0 Å². The Kier molecular flexibility index (Phi) is 2.75. The van der Waals surface area contributed by atoms with Crippen LogP contribution in [0.4, 0.5) is 13.2 Å². The van der Waals surface area contributed by atoms with Gasteiger partial charge in [-0.15, -0.1) is 0 Å². The standard InChI is InChI=1S/C8H11F3O/c9-8(10,11)5-4-7(12)6-2-1-3-6/h6H,1-5H2. The number of halogens is 3. The smallest absolute Gasteiger partial charge is 0.299 e. The van der Waals surface area contributed by atoms with Crippen molar-refractivity contribution in [3.63, 3.8) is 0 Å². The van der Waals surface area contributed by atoms with Crippen molar-refractivity contribution in [3.05, 3.63) is 0 Å². The molecule has 0 saturated heterocycles. The second-order valence-electron chi connectivity index (χ2n) is 3.21. The topological polar surface area (TPSA) is 17.1 Å². The lowest BCUT2D eigenvalue weighted by Crippen LogP contribution is -2.23. The molecule has 1 rings (SSSR count). The van der Waals surface area contributed by atoms with E-state index in [-0.39, 0.29) is 18.1 Å². The summed E-state index contributed by atoms with van der Waals surface area (Å²) in [6, 6.07) is 0. The van der Waals surface area contributed by atoms with Crippen LogP contribution >= 0.6 is 0 Å². The molecule has 0 aromatic carbocycles. The van der Waals surface area contributed by atoms with Gasteiger partial charge in [-0.25, -0.2) is 0 Å². The van der Waals surface area contributed by atoms with Crippen molar-refractivity contribution in [3.8, 4) is 0 Å². The summed E-state index contributed by atoms with van der Waals surface area (Å²) in [6.07, 6.45) is -2.90. The Hall–Kier alpha value is -0.540. The molecule has 4 heteroatoms. The molecule has 0 radical (unpaired) electrons. The van der Waals surface area contributed by atoms with Crippen LogP contribution in [0.2, 0.25) is 0 Å². The summed E-state index contributed by atoms with van der Waals surface area (Å²) in [5, 5.41) is 0. The molecule has 0 aromatic rings. The molecule has 0 N–H and O–H groups in total. The first-order valence-electron chi connectivity index (χ1n) is 4.08. The lowest BCUT2D eigenvalue weighted by molar-refractivity contribution is -0.145. The van der Waals surface area contributed by atoms with E-state index in [4.69, 9.17) is 0 Å². The van der Waals surface area contributed by atoms with Crippen LogP contribution in [0.1, 0.15) is 32.1 Å². The summed E-state index contributed by atoms with van der Waals surface area (Å²) >= 11 is 0. The van der Waals surface area contributed by atoms with E-state index in [1.54, 1.807) is 0 Å². The Morgan fingerprint density at radius 2 is 1.92 bits per heavy atom. The zero-order valence-corrected chi connectivity index (χ0v) is 6.66. The Morgan fingerprint density at radius 3 is 2.25 bits per heavy atom. The van der Waals surface area contributed by atoms with Crippen molar-refractivity contribution in [2.75, 3.05) is 0 Å². The van der Waals surface area contributed by atoms with E-state index in [9.17, 15) is 18.0 Å². The quantitative estimate of drug-likeness (QED) is 0.652. The molecule has 1 aliphatic carbocycles. The van der Waals surface area contributed by atoms with E-state index in [1.165, 1.54) is 0 Å². The Balaban J connectivity index is 2.18. The predicted octanol–water partition coefficient (Wildman–Crippen LogP) is 2.70. The molecule has 1 aliphatic rings. The van der Waals surface area contributed by atoms with Crippen LogP contribution in [-0.2, 0) is 4.79 Å². The summed E-state index contributed by atoms with van der Waals surface area (Å²) < 4.78 is 34.9. The van der Waals surface area contributed by atoms with Gasteiger partial charge >= 0.3 is 6.18 Å². The molecule has 1 nitrogen and oxygen atoms in total. The second kappa shape index (κ2) is 3.46. The molecular formula is C8H11F3O. The zero-order valence-electron chi connectivity index (χ0n) is 6.66. The number of Topliss-reactive ketones (excluding diaryl/α,β-unsaturated/α-hetero) is 1. The molecule has 0 amide bonds. The third kappa shape index (κ3) is 2.83. The molecule has 1 saturated carbocycles. The van der Waals surface area contributed by atoms with Gasteiger partial charge in [0.25, 0.3) is 0 Å². The van der Waals surface area contributed by atoms with Gasteiger partial charge in [0, 0.05) is 12.3 Å². The van der Waals surface area contributed by atoms with Gasteiger partial charge in [0.1, 0.15) is 5.78 Å². The number of rotatable bonds is 3. The fourth-order valence-corrected chi connectivity index (χ4v) is 1.20. The van der Waals surface area contributed by atoms with Gasteiger partial charge in [0.15, 0.2) is 0 Å². The zero-order chi connectivity index (χ0) is 9.19.